The van der Waals surface area contributed by atoms with E-state index in [1.807, 2.05) is 30.3 Å². The van der Waals surface area contributed by atoms with Gasteiger partial charge in [0.05, 0.1) is 4.34 Å². The minimum absolute atomic E-state index is 0.00656. The molecule has 2 N–H and O–H groups in total. The third-order valence-electron chi connectivity index (χ3n) is 3.12. The van der Waals surface area contributed by atoms with E-state index in [1.54, 1.807) is 6.07 Å². The zero-order valence-electron chi connectivity index (χ0n) is 10.9. The van der Waals surface area contributed by atoms with Gasteiger partial charge in [-0.2, -0.15) is 0 Å². The van der Waals surface area contributed by atoms with Crippen molar-refractivity contribution >= 4 is 39.9 Å². The zero-order chi connectivity index (χ0) is 14.8. The number of carboxylic acids is 1. The van der Waals surface area contributed by atoms with Gasteiger partial charge in [-0.3, -0.25) is 0 Å². The fourth-order valence-corrected chi connectivity index (χ4v) is 3.26. The summed E-state index contributed by atoms with van der Waals surface area (Å²) in [7, 11) is 0. The summed E-state index contributed by atoms with van der Waals surface area (Å²) in [4.78, 5) is 12.4. The molecule has 1 aromatic carbocycles. The summed E-state index contributed by atoms with van der Waals surface area (Å²) >= 11 is 7.38. The van der Waals surface area contributed by atoms with Gasteiger partial charge in [-0.15, -0.1) is 11.3 Å². The third kappa shape index (κ3) is 2.95. The van der Waals surface area contributed by atoms with Crippen LogP contribution in [0.4, 0.5) is 0 Å². The summed E-state index contributed by atoms with van der Waals surface area (Å²) in [6.07, 6.45) is 0. The molecule has 0 aliphatic rings. The standard InChI is InChI=1S/C15H12ClNO3S/c16-13-6-5-9(21-13)7-17-8-11-10-3-1-2-4-12(10)20-14(11)15(18)19/h1-6,17H,7-8H2,(H,18,19). The molecule has 3 aromatic rings. The fourth-order valence-electron chi connectivity index (χ4n) is 2.20. The van der Waals surface area contributed by atoms with Gasteiger partial charge in [0.2, 0.25) is 5.76 Å². The smallest absolute Gasteiger partial charge is 0.372 e. The summed E-state index contributed by atoms with van der Waals surface area (Å²) in [5, 5.41) is 13.3. The average Bonchev–Trinajstić information content (AvgIpc) is 3.03. The number of para-hydroxylation sites is 1. The molecule has 108 valence electrons. The molecule has 0 fully saturated rings. The highest BCUT2D eigenvalue weighted by Crippen LogP contribution is 2.26. The van der Waals surface area contributed by atoms with E-state index in [4.69, 9.17) is 16.0 Å². The van der Waals surface area contributed by atoms with Gasteiger partial charge in [-0.05, 0) is 18.2 Å². The SMILES string of the molecule is O=C(O)c1oc2ccccc2c1CNCc1ccc(Cl)s1. The van der Waals surface area contributed by atoms with Crippen molar-refractivity contribution < 1.29 is 14.3 Å². The normalized spacial score (nSPS) is 11.1. The maximum atomic E-state index is 11.3. The van der Waals surface area contributed by atoms with Crippen molar-refractivity contribution in [2.75, 3.05) is 0 Å². The number of hydrogen-bond donors (Lipinski definition) is 2. The Hall–Kier alpha value is -1.82. The second-order valence-corrected chi connectivity index (χ2v) is 6.32. The molecule has 2 aromatic heterocycles. The van der Waals surface area contributed by atoms with Crippen molar-refractivity contribution in [3.8, 4) is 0 Å². The maximum absolute atomic E-state index is 11.3. The first-order valence-corrected chi connectivity index (χ1v) is 7.53. The van der Waals surface area contributed by atoms with E-state index in [1.165, 1.54) is 11.3 Å². The van der Waals surface area contributed by atoms with Gasteiger partial charge in [-0.25, -0.2) is 4.79 Å². The number of aromatic carboxylic acids is 1. The molecule has 0 aliphatic carbocycles. The molecule has 0 atom stereocenters. The number of rotatable bonds is 5. The molecule has 0 bridgehead atoms. The molecule has 21 heavy (non-hydrogen) atoms. The fraction of sp³-hybridized carbons (Fsp3) is 0.133. The van der Waals surface area contributed by atoms with Crippen LogP contribution in [-0.2, 0) is 13.1 Å². The molecule has 0 amide bonds. The first-order chi connectivity index (χ1) is 10.1. The zero-order valence-corrected chi connectivity index (χ0v) is 12.5. The predicted octanol–water partition coefficient (Wildman–Crippen LogP) is 4.14. The van der Waals surface area contributed by atoms with Gasteiger partial charge < -0.3 is 14.8 Å². The number of fused-ring (bicyclic) bond motifs is 1. The molecular weight excluding hydrogens is 310 g/mol. The maximum Gasteiger partial charge on any atom is 0.372 e. The number of carbonyl (C=O) groups is 1. The van der Waals surface area contributed by atoms with Crippen molar-refractivity contribution in [1.82, 2.24) is 5.32 Å². The highest BCUT2D eigenvalue weighted by molar-refractivity contribution is 7.16. The number of carboxylic acid groups (broad SMARTS) is 1. The number of halogens is 1. The molecule has 0 unspecified atom stereocenters. The number of nitrogens with one attached hydrogen (secondary N) is 1. The predicted molar refractivity (Wildman–Crippen MR) is 83.0 cm³/mol. The van der Waals surface area contributed by atoms with E-state index in [9.17, 15) is 9.90 Å². The lowest BCUT2D eigenvalue weighted by molar-refractivity contribution is 0.0663. The molecule has 0 saturated heterocycles. The van der Waals surface area contributed by atoms with Crippen LogP contribution < -0.4 is 5.32 Å². The van der Waals surface area contributed by atoms with Crippen LogP contribution in [0.5, 0.6) is 0 Å². The number of benzene rings is 1. The van der Waals surface area contributed by atoms with E-state index in [0.717, 1.165) is 14.6 Å². The van der Waals surface area contributed by atoms with Crippen molar-refractivity contribution in [2.24, 2.45) is 0 Å². The summed E-state index contributed by atoms with van der Waals surface area (Å²) in [5.41, 5.74) is 1.26. The van der Waals surface area contributed by atoms with Crippen LogP contribution in [0.1, 0.15) is 21.0 Å². The largest absolute Gasteiger partial charge is 0.475 e. The molecule has 6 heteroatoms. The van der Waals surface area contributed by atoms with Crippen LogP contribution in [0, 0.1) is 0 Å². The molecule has 4 nitrogen and oxygen atoms in total. The highest BCUT2D eigenvalue weighted by Gasteiger charge is 2.19. The first-order valence-electron chi connectivity index (χ1n) is 6.34. The Morgan fingerprint density at radius 3 is 2.76 bits per heavy atom. The van der Waals surface area contributed by atoms with Crippen LogP contribution in [0.25, 0.3) is 11.0 Å². The first kappa shape index (κ1) is 14.1. The second kappa shape index (κ2) is 5.89. The Morgan fingerprint density at radius 1 is 1.24 bits per heavy atom. The Morgan fingerprint density at radius 2 is 2.05 bits per heavy atom. The summed E-state index contributed by atoms with van der Waals surface area (Å²) in [6.45, 7) is 1.06. The lowest BCUT2D eigenvalue weighted by Gasteiger charge is -2.03. The Kier molecular flexibility index (Phi) is 3.96. The Bertz CT molecular complexity index is 793. The third-order valence-corrected chi connectivity index (χ3v) is 4.35. The van der Waals surface area contributed by atoms with Gasteiger partial charge in [0, 0.05) is 28.9 Å². The van der Waals surface area contributed by atoms with E-state index in [2.05, 4.69) is 5.32 Å². The quantitative estimate of drug-likeness (QED) is 0.741. The van der Waals surface area contributed by atoms with Gasteiger partial charge in [0.15, 0.2) is 0 Å². The molecule has 0 spiro atoms. The van der Waals surface area contributed by atoms with Crippen LogP contribution in [0.2, 0.25) is 4.34 Å². The van der Waals surface area contributed by atoms with Crippen LogP contribution in [-0.4, -0.2) is 11.1 Å². The van der Waals surface area contributed by atoms with Gasteiger partial charge in [0.1, 0.15) is 5.58 Å². The van der Waals surface area contributed by atoms with Gasteiger partial charge in [-0.1, -0.05) is 29.8 Å². The van der Waals surface area contributed by atoms with E-state index in [-0.39, 0.29) is 5.76 Å². The van der Waals surface area contributed by atoms with Crippen molar-refractivity contribution in [2.45, 2.75) is 13.1 Å². The number of furan rings is 1. The summed E-state index contributed by atoms with van der Waals surface area (Å²) < 4.78 is 6.15. The van der Waals surface area contributed by atoms with E-state index < -0.39 is 5.97 Å². The second-order valence-electron chi connectivity index (χ2n) is 4.52. The van der Waals surface area contributed by atoms with Crippen molar-refractivity contribution in [3.05, 3.63) is 56.9 Å². The topological polar surface area (TPSA) is 62.5 Å². The Labute approximate surface area is 130 Å². The molecule has 3 rings (SSSR count). The molecule has 2 heterocycles. The molecule has 0 saturated carbocycles. The van der Waals surface area contributed by atoms with Crippen LogP contribution in [0.15, 0.2) is 40.8 Å². The molecule has 0 aliphatic heterocycles. The minimum Gasteiger partial charge on any atom is -0.475 e. The highest BCUT2D eigenvalue weighted by atomic mass is 35.5. The molecular formula is C15H12ClNO3S. The van der Waals surface area contributed by atoms with Crippen LogP contribution in [0.3, 0.4) is 0 Å². The van der Waals surface area contributed by atoms with Crippen molar-refractivity contribution in [3.63, 3.8) is 0 Å². The van der Waals surface area contributed by atoms with E-state index in [0.29, 0.717) is 24.2 Å². The summed E-state index contributed by atoms with van der Waals surface area (Å²) in [5.74, 6) is -1.06. The van der Waals surface area contributed by atoms with Crippen molar-refractivity contribution in [1.29, 1.82) is 0 Å². The average molecular weight is 322 g/mol. The lowest BCUT2D eigenvalue weighted by atomic mass is 10.1. The molecule has 0 radical (unpaired) electrons. The number of thiophene rings is 1. The summed E-state index contributed by atoms with van der Waals surface area (Å²) in [6, 6.07) is 11.1. The van der Waals surface area contributed by atoms with Gasteiger partial charge >= 0.3 is 5.97 Å². The van der Waals surface area contributed by atoms with E-state index >= 15 is 0 Å². The lowest BCUT2D eigenvalue weighted by Crippen LogP contribution is -2.13. The van der Waals surface area contributed by atoms with Gasteiger partial charge in [0.25, 0.3) is 0 Å². The number of hydrogen-bond acceptors (Lipinski definition) is 4. The minimum atomic E-state index is -1.05. The Balaban J connectivity index is 1.82. The monoisotopic (exact) mass is 321 g/mol. The van der Waals surface area contributed by atoms with Crippen LogP contribution >= 0.6 is 22.9 Å².